The summed E-state index contributed by atoms with van der Waals surface area (Å²) < 4.78 is 0. The number of aliphatic hydroxyl groups is 1. The first kappa shape index (κ1) is 8.59. The van der Waals surface area contributed by atoms with Crippen LogP contribution in [0.15, 0.2) is 0 Å². The van der Waals surface area contributed by atoms with Gasteiger partial charge in [-0.05, 0) is 0 Å². The van der Waals surface area contributed by atoms with Crippen LogP contribution < -0.4 is 5.73 Å². The van der Waals surface area contributed by atoms with E-state index in [1.54, 1.807) is 13.8 Å². The van der Waals surface area contributed by atoms with E-state index in [9.17, 15) is 4.79 Å². The van der Waals surface area contributed by atoms with Crippen LogP contribution in [0.5, 0.6) is 0 Å². The van der Waals surface area contributed by atoms with Gasteiger partial charge in [-0.3, -0.25) is 4.79 Å². The van der Waals surface area contributed by atoms with Crippen LogP contribution in [0.3, 0.4) is 0 Å². The van der Waals surface area contributed by atoms with Gasteiger partial charge in [0.2, 0.25) is 0 Å². The fourth-order valence-corrected chi connectivity index (χ4v) is 0.518. The van der Waals surface area contributed by atoms with E-state index in [1.165, 1.54) is 0 Å². The molecule has 0 aliphatic carbocycles. The van der Waals surface area contributed by atoms with E-state index in [1.807, 2.05) is 0 Å². The molecule has 0 bridgehead atoms. The Morgan fingerprint density at radius 3 is 2.22 bits per heavy atom. The molecule has 3 N–H and O–H groups in total. The van der Waals surface area contributed by atoms with Gasteiger partial charge in [0.05, 0.1) is 12.6 Å². The molecule has 0 spiro atoms. The van der Waals surface area contributed by atoms with Crippen LogP contribution in [-0.2, 0) is 4.79 Å². The van der Waals surface area contributed by atoms with Crippen molar-refractivity contribution in [1.82, 2.24) is 0 Å². The van der Waals surface area contributed by atoms with Crippen LogP contribution in [0.2, 0.25) is 0 Å². The second-order valence-electron chi connectivity index (χ2n) is 2.35. The number of ketones is 1. The van der Waals surface area contributed by atoms with Crippen molar-refractivity contribution in [3.63, 3.8) is 0 Å². The molecule has 3 heteroatoms. The first-order chi connectivity index (χ1) is 4.09. The van der Waals surface area contributed by atoms with Gasteiger partial charge in [-0.15, -0.1) is 0 Å². The molecule has 0 aromatic heterocycles. The predicted octanol–water partition coefficient (Wildman–Crippen LogP) is -0.469. The number of nitrogens with two attached hydrogens (primary N) is 1. The molecular weight excluding hydrogens is 118 g/mol. The van der Waals surface area contributed by atoms with E-state index in [0.29, 0.717) is 0 Å². The number of hydrogen-bond acceptors (Lipinski definition) is 3. The van der Waals surface area contributed by atoms with Crippen LogP contribution in [0.25, 0.3) is 0 Å². The summed E-state index contributed by atoms with van der Waals surface area (Å²) in [6.45, 7) is 3.27. The standard InChI is InChI=1S/C6H13NO2/c1-4(2)6(9)5(7)3-8/h4-5,8H,3,7H2,1-2H3. The minimum Gasteiger partial charge on any atom is -0.394 e. The van der Waals surface area contributed by atoms with Gasteiger partial charge in [0, 0.05) is 5.92 Å². The Bertz CT molecular complexity index is 101. The van der Waals surface area contributed by atoms with Crippen LogP contribution >= 0.6 is 0 Å². The van der Waals surface area contributed by atoms with Crippen molar-refractivity contribution in [1.29, 1.82) is 0 Å². The molecule has 0 aliphatic rings. The molecule has 1 unspecified atom stereocenters. The van der Waals surface area contributed by atoms with Crippen LogP contribution in [0.4, 0.5) is 0 Å². The quantitative estimate of drug-likeness (QED) is 0.544. The van der Waals surface area contributed by atoms with Crippen molar-refractivity contribution < 1.29 is 9.90 Å². The van der Waals surface area contributed by atoms with Crippen molar-refractivity contribution >= 4 is 5.78 Å². The molecule has 0 radical (unpaired) electrons. The topological polar surface area (TPSA) is 63.3 Å². The zero-order chi connectivity index (χ0) is 7.44. The summed E-state index contributed by atoms with van der Waals surface area (Å²) in [5, 5.41) is 8.41. The Labute approximate surface area is 54.9 Å². The molecule has 0 fully saturated rings. The summed E-state index contributed by atoms with van der Waals surface area (Å²) in [5.41, 5.74) is 5.22. The minimum absolute atomic E-state index is 0.0767. The maximum atomic E-state index is 10.8. The summed E-state index contributed by atoms with van der Waals surface area (Å²) in [7, 11) is 0. The van der Waals surface area contributed by atoms with Crippen molar-refractivity contribution in [2.75, 3.05) is 6.61 Å². The lowest BCUT2D eigenvalue weighted by atomic mass is 10.0. The molecule has 9 heavy (non-hydrogen) atoms. The van der Waals surface area contributed by atoms with Crippen LogP contribution in [0.1, 0.15) is 13.8 Å². The zero-order valence-electron chi connectivity index (χ0n) is 5.79. The number of Topliss-reactive ketones (excluding diaryl/α,β-unsaturated/α-hetero) is 1. The molecular formula is C6H13NO2. The van der Waals surface area contributed by atoms with E-state index < -0.39 is 6.04 Å². The lowest BCUT2D eigenvalue weighted by molar-refractivity contribution is -0.123. The van der Waals surface area contributed by atoms with Crippen molar-refractivity contribution in [3.8, 4) is 0 Å². The molecule has 54 valence electrons. The third-order valence-electron chi connectivity index (χ3n) is 1.13. The molecule has 0 aromatic carbocycles. The maximum Gasteiger partial charge on any atom is 0.154 e. The van der Waals surface area contributed by atoms with E-state index in [-0.39, 0.29) is 18.3 Å². The van der Waals surface area contributed by atoms with Gasteiger partial charge < -0.3 is 10.8 Å². The van der Waals surface area contributed by atoms with Crippen LogP contribution in [-0.4, -0.2) is 23.5 Å². The van der Waals surface area contributed by atoms with Crippen molar-refractivity contribution in [3.05, 3.63) is 0 Å². The lowest BCUT2D eigenvalue weighted by Gasteiger charge is -2.08. The SMILES string of the molecule is CC(C)C(=O)C(N)CO. The van der Waals surface area contributed by atoms with Crippen molar-refractivity contribution in [2.24, 2.45) is 11.7 Å². The molecule has 0 saturated heterocycles. The van der Waals surface area contributed by atoms with E-state index in [0.717, 1.165) is 0 Å². The van der Waals surface area contributed by atoms with Gasteiger partial charge >= 0.3 is 0 Å². The van der Waals surface area contributed by atoms with Gasteiger partial charge in [-0.2, -0.15) is 0 Å². The first-order valence-electron chi connectivity index (χ1n) is 2.99. The Morgan fingerprint density at radius 1 is 1.67 bits per heavy atom. The smallest absolute Gasteiger partial charge is 0.154 e. The van der Waals surface area contributed by atoms with E-state index in [2.05, 4.69) is 0 Å². The highest BCUT2D eigenvalue weighted by Crippen LogP contribution is 1.96. The Kier molecular flexibility index (Phi) is 3.42. The van der Waals surface area contributed by atoms with Gasteiger partial charge in [0.15, 0.2) is 5.78 Å². The number of rotatable bonds is 3. The molecule has 0 aliphatic heterocycles. The fourth-order valence-electron chi connectivity index (χ4n) is 0.518. The molecule has 0 rings (SSSR count). The van der Waals surface area contributed by atoms with Crippen LogP contribution in [0, 0.1) is 5.92 Å². The molecule has 0 aromatic rings. The van der Waals surface area contributed by atoms with Gasteiger partial charge in [0.1, 0.15) is 0 Å². The normalized spacial score (nSPS) is 13.9. The van der Waals surface area contributed by atoms with Gasteiger partial charge in [-0.25, -0.2) is 0 Å². The minimum atomic E-state index is -0.690. The molecule has 0 heterocycles. The summed E-state index contributed by atoms with van der Waals surface area (Å²) in [4.78, 5) is 10.8. The average molecular weight is 131 g/mol. The van der Waals surface area contributed by atoms with Crippen molar-refractivity contribution in [2.45, 2.75) is 19.9 Å². The van der Waals surface area contributed by atoms with Gasteiger partial charge in [-0.1, -0.05) is 13.8 Å². The second kappa shape index (κ2) is 3.58. The number of carbonyl (C=O) groups is 1. The monoisotopic (exact) mass is 131 g/mol. The average Bonchev–Trinajstić information content (AvgIpc) is 1.84. The van der Waals surface area contributed by atoms with E-state index in [4.69, 9.17) is 10.8 Å². The highest BCUT2D eigenvalue weighted by molar-refractivity contribution is 5.85. The third kappa shape index (κ3) is 2.58. The largest absolute Gasteiger partial charge is 0.394 e. The van der Waals surface area contributed by atoms with Gasteiger partial charge in [0.25, 0.3) is 0 Å². The Balaban J connectivity index is 3.73. The highest BCUT2D eigenvalue weighted by atomic mass is 16.3. The summed E-state index contributed by atoms with van der Waals surface area (Å²) in [6.07, 6.45) is 0. The first-order valence-corrected chi connectivity index (χ1v) is 2.99. The molecule has 3 nitrogen and oxygen atoms in total. The summed E-state index contributed by atoms with van der Waals surface area (Å²) >= 11 is 0. The highest BCUT2D eigenvalue weighted by Gasteiger charge is 2.14. The summed E-state index contributed by atoms with van der Waals surface area (Å²) in [6, 6.07) is -0.690. The number of aliphatic hydroxyl groups excluding tert-OH is 1. The maximum absolute atomic E-state index is 10.8. The Morgan fingerprint density at radius 2 is 2.11 bits per heavy atom. The Hall–Kier alpha value is -0.410. The number of carbonyl (C=O) groups excluding carboxylic acids is 1. The predicted molar refractivity (Wildman–Crippen MR) is 34.9 cm³/mol. The molecule has 0 amide bonds. The molecule has 1 atom stereocenters. The third-order valence-corrected chi connectivity index (χ3v) is 1.13. The second-order valence-corrected chi connectivity index (χ2v) is 2.35. The lowest BCUT2D eigenvalue weighted by Crippen LogP contribution is -2.36. The fraction of sp³-hybridized carbons (Fsp3) is 0.833. The van der Waals surface area contributed by atoms with E-state index >= 15 is 0 Å². The zero-order valence-corrected chi connectivity index (χ0v) is 5.79. The number of hydrogen-bond donors (Lipinski definition) is 2. The summed E-state index contributed by atoms with van der Waals surface area (Å²) in [5.74, 6) is -0.162. The molecule has 0 saturated carbocycles.